The van der Waals surface area contributed by atoms with E-state index < -0.39 is 6.10 Å². The molecular formula is C17H18O6. The lowest BCUT2D eigenvalue weighted by molar-refractivity contribution is 0.0870. The van der Waals surface area contributed by atoms with Gasteiger partial charge in [-0.15, -0.1) is 0 Å². The van der Waals surface area contributed by atoms with Crippen molar-refractivity contribution in [1.29, 1.82) is 0 Å². The minimum Gasteiger partial charge on any atom is -0.508 e. The molecule has 0 aromatic heterocycles. The standard InChI is InChI=1S/C17H18O6/c1-21-14-5-9(18)3-4-10(14)12-8-23-15-7-16(22-2)13(19)6-11(15)17(12)20/h3-7,12,17-20H,8H2,1-2H3. The van der Waals surface area contributed by atoms with Crippen LogP contribution in [0.2, 0.25) is 0 Å². The molecule has 0 bridgehead atoms. The van der Waals surface area contributed by atoms with Crippen molar-refractivity contribution in [1.82, 2.24) is 0 Å². The molecule has 1 heterocycles. The first-order chi connectivity index (χ1) is 11.0. The molecule has 3 N–H and O–H groups in total. The van der Waals surface area contributed by atoms with Crippen LogP contribution in [0.5, 0.6) is 28.7 Å². The van der Waals surface area contributed by atoms with Crippen LogP contribution in [0.4, 0.5) is 0 Å². The first-order valence-corrected chi connectivity index (χ1v) is 7.13. The van der Waals surface area contributed by atoms with E-state index in [0.29, 0.717) is 17.1 Å². The highest BCUT2D eigenvalue weighted by Crippen LogP contribution is 2.46. The number of phenolic OH excluding ortho intramolecular Hbond substituents is 2. The molecule has 0 saturated heterocycles. The minimum atomic E-state index is -0.881. The van der Waals surface area contributed by atoms with E-state index in [9.17, 15) is 15.3 Å². The number of hydrogen-bond donors (Lipinski definition) is 3. The number of aliphatic hydroxyl groups excluding tert-OH is 1. The van der Waals surface area contributed by atoms with Gasteiger partial charge in [-0.2, -0.15) is 0 Å². The van der Waals surface area contributed by atoms with Gasteiger partial charge in [-0.1, -0.05) is 6.07 Å². The van der Waals surface area contributed by atoms with E-state index >= 15 is 0 Å². The van der Waals surface area contributed by atoms with Gasteiger partial charge in [0, 0.05) is 23.3 Å². The molecule has 0 spiro atoms. The van der Waals surface area contributed by atoms with Crippen molar-refractivity contribution in [3.63, 3.8) is 0 Å². The highest BCUT2D eigenvalue weighted by Gasteiger charge is 2.33. The summed E-state index contributed by atoms with van der Waals surface area (Å²) in [6.07, 6.45) is -0.881. The van der Waals surface area contributed by atoms with E-state index in [1.165, 1.54) is 32.4 Å². The smallest absolute Gasteiger partial charge is 0.164 e. The van der Waals surface area contributed by atoms with Gasteiger partial charge < -0.3 is 29.5 Å². The summed E-state index contributed by atoms with van der Waals surface area (Å²) in [5, 5.41) is 30.2. The zero-order chi connectivity index (χ0) is 16.6. The molecule has 2 unspecified atom stereocenters. The van der Waals surface area contributed by atoms with Gasteiger partial charge in [-0.3, -0.25) is 0 Å². The number of aromatic hydroxyl groups is 2. The van der Waals surface area contributed by atoms with Crippen molar-refractivity contribution in [3.8, 4) is 28.7 Å². The lowest BCUT2D eigenvalue weighted by atomic mass is 9.86. The van der Waals surface area contributed by atoms with Crippen LogP contribution in [0, 0.1) is 0 Å². The Kier molecular flexibility index (Phi) is 3.92. The Morgan fingerprint density at radius 1 is 1.00 bits per heavy atom. The Morgan fingerprint density at radius 2 is 1.74 bits per heavy atom. The number of rotatable bonds is 3. The number of aliphatic hydroxyl groups is 1. The number of phenols is 2. The number of benzene rings is 2. The molecule has 0 fully saturated rings. The molecule has 122 valence electrons. The predicted molar refractivity (Wildman–Crippen MR) is 82.5 cm³/mol. The van der Waals surface area contributed by atoms with E-state index in [4.69, 9.17) is 14.2 Å². The van der Waals surface area contributed by atoms with Crippen molar-refractivity contribution in [2.75, 3.05) is 20.8 Å². The summed E-state index contributed by atoms with van der Waals surface area (Å²) in [7, 11) is 2.95. The van der Waals surface area contributed by atoms with Crippen LogP contribution in [0.3, 0.4) is 0 Å². The van der Waals surface area contributed by atoms with E-state index in [1.54, 1.807) is 12.1 Å². The maximum Gasteiger partial charge on any atom is 0.164 e. The van der Waals surface area contributed by atoms with Gasteiger partial charge in [0.2, 0.25) is 0 Å². The third-order valence-corrected chi connectivity index (χ3v) is 4.05. The maximum atomic E-state index is 10.7. The van der Waals surface area contributed by atoms with Crippen molar-refractivity contribution in [3.05, 3.63) is 41.5 Å². The Labute approximate surface area is 133 Å². The second kappa shape index (κ2) is 5.89. The number of ether oxygens (including phenoxy) is 3. The molecule has 0 saturated carbocycles. The molecule has 2 atom stereocenters. The van der Waals surface area contributed by atoms with Crippen LogP contribution in [-0.2, 0) is 0 Å². The number of fused-ring (bicyclic) bond motifs is 1. The summed E-state index contributed by atoms with van der Waals surface area (Å²) in [6, 6.07) is 7.71. The molecule has 2 aromatic rings. The van der Waals surface area contributed by atoms with Crippen molar-refractivity contribution in [2.45, 2.75) is 12.0 Å². The van der Waals surface area contributed by atoms with Gasteiger partial charge >= 0.3 is 0 Å². The molecule has 1 aliphatic rings. The largest absolute Gasteiger partial charge is 0.508 e. The zero-order valence-corrected chi connectivity index (χ0v) is 12.8. The monoisotopic (exact) mass is 318 g/mol. The van der Waals surface area contributed by atoms with Crippen molar-refractivity contribution < 1.29 is 29.5 Å². The van der Waals surface area contributed by atoms with Crippen LogP contribution in [0.15, 0.2) is 30.3 Å². The summed E-state index contributed by atoms with van der Waals surface area (Å²) < 4.78 is 16.0. The molecule has 23 heavy (non-hydrogen) atoms. The van der Waals surface area contributed by atoms with Crippen molar-refractivity contribution in [2.24, 2.45) is 0 Å². The van der Waals surface area contributed by atoms with E-state index in [2.05, 4.69) is 0 Å². The van der Waals surface area contributed by atoms with Crippen LogP contribution in [0.1, 0.15) is 23.1 Å². The highest BCUT2D eigenvalue weighted by atomic mass is 16.5. The van der Waals surface area contributed by atoms with Gasteiger partial charge in [0.1, 0.15) is 17.2 Å². The fourth-order valence-corrected chi connectivity index (χ4v) is 2.84. The first-order valence-electron chi connectivity index (χ1n) is 7.13. The molecular weight excluding hydrogens is 300 g/mol. The molecule has 0 aliphatic carbocycles. The van der Waals surface area contributed by atoms with Crippen LogP contribution >= 0.6 is 0 Å². The summed E-state index contributed by atoms with van der Waals surface area (Å²) in [6.45, 7) is 0.239. The quantitative estimate of drug-likeness (QED) is 0.805. The van der Waals surface area contributed by atoms with Crippen LogP contribution in [0.25, 0.3) is 0 Å². The third-order valence-electron chi connectivity index (χ3n) is 4.05. The zero-order valence-electron chi connectivity index (χ0n) is 12.8. The molecule has 2 aromatic carbocycles. The van der Waals surface area contributed by atoms with E-state index in [-0.39, 0.29) is 29.8 Å². The topological polar surface area (TPSA) is 88.4 Å². The maximum absolute atomic E-state index is 10.7. The lowest BCUT2D eigenvalue weighted by Gasteiger charge is -2.31. The summed E-state index contributed by atoms with van der Waals surface area (Å²) >= 11 is 0. The molecule has 6 nitrogen and oxygen atoms in total. The van der Waals surface area contributed by atoms with Gasteiger partial charge in [-0.05, 0) is 12.1 Å². The molecule has 3 rings (SSSR count). The summed E-state index contributed by atoms with van der Waals surface area (Å²) in [5.41, 5.74) is 1.20. The Bertz CT molecular complexity index is 727. The lowest BCUT2D eigenvalue weighted by Crippen LogP contribution is -2.24. The van der Waals surface area contributed by atoms with Crippen LogP contribution < -0.4 is 14.2 Å². The van der Waals surface area contributed by atoms with Gasteiger partial charge in [0.25, 0.3) is 0 Å². The number of methoxy groups -OCH3 is 2. The predicted octanol–water partition coefficient (Wildman–Crippen LogP) is 2.32. The average Bonchev–Trinajstić information content (AvgIpc) is 2.55. The van der Waals surface area contributed by atoms with Gasteiger partial charge in [-0.25, -0.2) is 0 Å². The highest BCUT2D eigenvalue weighted by molar-refractivity contribution is 5.53. The van der Waals surface area contributed by atoms with Gasteiger partial charge in [0.15, 0.2) is 11.5 Å². The second-order valence-electron chi connectivity index (χ2n) is 5.35. The fourth-order valence-electron chi connectivity index (χ4n) is 2.84. The third kappa shape index (κ3) is 2.61. The first kappa shape index (κ1) is 15.3. The summed E-state index contributed by atoms with van der Waals surface area (Å²) in [5.74, 6) is 0.870. The van der Waals surface area contributed by atoms with E-state index in [0.717, 1.165) is 5.56 Å². The van der Waals surface area contributed by atoms with Crippen LogP contribution in [-0.4, -0.2) is 36.1 Å². The normalized spacial score (nSPS) is 19.6. The van der Waals surface area contributed by atoms with E-state index in [1.807, 2.05) is 0 Å². The minimum absolute atomic E-state index is 0.0628. The SMILES string of the molecule is COc1cc2c(cc1O)C(O)C(c1ccc(O)cc1OC)CO2. The Balaban J connectivity index is 2.01. The molecule has 0 radical (unpaired) electrons. The van der Waals surface area contributed by atoms with Crippen molar-refractivity contribution >= 4 is 0 Å². The molecule has 0 amide bonds. The Hall–Kier alpha value is -2.60. The second-order valence-corrected chi connectivity index (χ2v) is 5.35. The fraction of sp³-hybridized carbons (Fsp3) is 0.294. The summed E-state index contributed by atoms with van der Waals surface area (Å²) in [4.78, 5) is 0. The average molecular weight is 318 g/mol. The van der Waals surface area contributed by atoms with Gasteiger partial charge in [0.05, 0.1) is 32.8 Å². The number of hydrogen-bond acceptors (Lipinski definition) is 6. The molecule has 6 heteroatoms. The Morgan fingerprint density at radius 3 is 2.43 bits per heavy atom. The molecule has 1 aliphatic heterocycles.